The van der Waals surface area contributed by atoms with Gasteiger partial charge in [0.05, 0.1) is 7.11 Å². The van der Waals surface area contributed by atoms with Crippen molar-refractivity contribution in [2.75, 3.05) is 7.11 Å². The van der Waals surface area contributed by atoms with Gasteiger partial charge in [-0.05, 0) is 34.9 Å². The largest absolute Gasteiger partial charge is 0.502 e. The third-order valence-corrected chi connectivity index (χ3v) is 3.51. The highest BCUT2D eigenvalue weighted by atomic mass is 79.9. The Morgan fingerprint density at radius 3 is 2.50 bits per heavy atom. The monoisotopic (exact) mass is 332 g/mol. The smallest absolute Gasteiger partial charge is 0.373 e. The number of rotatable bonds is 3. The summed E-state index contributed by atoms with van der Waals surface area (Å²) in [5.74, 6) is -1.19. The Bertz CT molecular complexity index is 648. The van der Waals surface area contributed by atoms with E-state index in [2.05, 4.69) is 20.7 Å². The van der Waals surface area contributed by atoms with Crippen LogP contribution in [0.2, 0.25) is 0 Å². The molecule has 0 aromatic heterocycles. The number of aliphatic hydroxyl groups excluding tert-OH is 1. The molecule has 2 aromatic carbocycles. The number of esters is 1. The molecule has 0 saturated heterocycles. The van der Waals surface area contributed by atoms with Gasteiger partial charge >= 0.3 is 5.97 Å². The topological polar surface area (TPSA) is 46.5 Å². The van der Waals surface area contributed by atoms with E-state index in [-0.39, 0.29) is 0 Å². The summed E-state index contributed by atoms with van der Waals surface area (Å²) in [6.07, 6.45) is 1.38. The van der Waals surface area contributed by atoms with Gasteiger partial charge in [-0.2, -0.15) is 0 Å². The molecule has 1 N–H and O–H groups in total. The highest BCUT2D eigenvalue weighted by molar-refractivity contribution is 9.10. The molecule has 0 fully saturated rings. The molecule has 0 unspecified atom stereocenters. The number of methoxy groups -OCH3 is 1. The van der Waals surface area contributed by atoms with Gasteiger partial charge in [-0.15, -0.1) is 0 Å². The van der Waals surface area contributed by atoms with E-state index >= 15 is 0 Å². The van der Waals surface area contributed by atoms with Crippen molar-refractivity contribution in [2.45, 2.75) is 0 Å². The van der Waals surface area contributed by atoms with E-state index in [1.54, 1.807) is 0 Å². The molecule has 0 aliphatic carbocycles. The Balaban J connectivity index is 2.42. The van der Waals surface area contributed by atoms with Gasteiger partial charge in [-0.25, -0.2) is 4.79 Å². The summed E-state index contributed by atoms with van der Waals surface area (Å²) >= 11 is 3.39. The van der Waals surface area contributed by atoms with E-state index < -0.39 is 11.7 Å². The Labute approximate surface area is 125 Å². The lowest BCUT2D eigenvalue weighted by Gasteiger charge is -2.06. The third kappa shape index (κ3) is 3.27. The normalized spacial score (nSPS) is 11.2. The zero-order chi connectivity index (χ0) is 14.5. The molecule has 0 radical (unpaired) electrons. The molecule has 0 saturated carbocycles. The highest BCUT2D eigenvalue weighted by Crippen LogP contribution is 2.26. The van der Waals surface area contributed by atoms with Crippen molar-refractivity contribution in [3.63, 3.8) is 0 Å². The van der Waals surface area contributed by atoms with Crippen LogP contribution in [0.4, 0.5) is 0 Å². The average Bonchev–Trinajstić information content (AvgIpc) is 2.49. The minimum absolute atomic E-state index is 0.432. The van der Waals surface area contributed by atoms with E-state index in [1.165, 1.54) is 13.2 Å². The summed E-state index contributed by atoms with van der Waals surface area (Å²) in [5.41, 5.74) is 2.76. The molecule has 0 bridgehead atoms. The van der Waals surface area contributed by atoms with Crippen LogP contribution in [0, 0.1) is 0 Å². The van der Waals surface area contributed by atoms with Crippen LogP contribution < -0.4 is 0 Å². The standard InChI is InChI=1S/C16H13BrO3/c1-20-16(19)15(18)10-13-9-12(7-8-14(13)17)11-5-3-2-4-6-11/h2-10,18H,1H3/b15-10-. The Kier molecular flexibility index (Phi) is 4.58. The van der Waals surface area contributed by atoms with E-state index in [0.29, 0.717) is 5.56 Å². The summed E-state index contributed by atoms with van der Waals surface area (Å²) in [7, 11) is 1.22. The number of carbonyl (C=O) groups excluding carboxylic acids is 1. The minimum atomic E-state index is -0.762. The highest BCUT2D eigenvalue weighted by Gasteiger charge is 2.09. The number of carbonyl (C=O) groups is 1. The van der Waals surface area contributed by atoms with Gasteiger partial charge in [0.25, 0.3) is 0 Å². The molecule has 0 spiro atoms. The first kappa shape index (κ1) is 14.3. The molecule has 102 valence electrons. The van der Waals surface area contributed by atoms with Crippen molar-refractivity contribution in [3.05, 3.63) is 64.3 Å². The lowest BCUT2D eigenvalue weighted by Crippen LogP contribution is -2.03. The van der Waals surface area contributed by atoms with E-state index in [0.717, 1.165) is 15.6 Å². The third-order valence-electron chi connectivity index (χ3n) is 2.79. The first-order valence-electron chi connectivity index (χ1n) is 5.96. The summed E-state index contributed by atoms with van der Waals surface area (Å²) in [5, 5.41) is 9.62. The molecular formula is C16H13BrO3. The second kappa shape index (κ2) is 6.39. The summed E-state index contributed by atoms with van der Waals surface area (Å²) in [6, 6.07) is 15.6. The molecule has 20 heavy (non-hydrogen) atoms. The number of hydrogen-bond acceptors (Lipinski definition) is 3. The number of aliphatic hydroxyl groups is 1. The first-order valence-corrected chi connectivity index (χ1v) is 6.75. The maximum atomic E-state index is 11.2. The van der Waals surface area contributed by atoms with Crippen LogP contribution >= 0.6 is 15.9 Å². The SMILES string of the molecule is COC(=O)/C(O)=C/c1cc(-c2ccccc2)ccc1Br. The van der Waals surface area contributed by atoms with Crippen molar-refractivity contribution in [1.29, 1.82) is 0 Å². The van der Waals surface area contributed by atoms with Crippen LogP contribution in [0.1, 0.15) is 5.56 Å². The molecule has 4 heteroatoms. The van der Waals surface area contributed by atoms with Crippen LogP contribution in [0.3, 0.4) is 0 Å². The summed E-state index contributed by atoms with van der Waals surface area (Å²) < 4.78 is 5.25. The van der Waals surface area contributed by atoms with Crippen LogP contribution in [0.5, 0.6) is 0 Å². The molecule has 0 amide bonds. The van der Waals surface area contributed by atoms with E-state index in [9.17, 15) is 9.90 Å². The van der Waals surface area contributed by atoms with Crippen molar-refractivity contribution < 1.29 is 14.6 Å². The molecule has 3 nitrogen and oxygen atoms in total. The Morgan fingerprint density at radius 1 is 1.15 bits per heavy atom. The maximum absolute atomic E-state index is 11.2. The van der Waals surface area contributed by atoms with Crippen molar-refractivity contribution in [1.82, 2.24) is 0 Å². The van der Waals surface area contributed by atoms with Crippen molar-refractivity contribution >= 4 is 28.0 Å². The zero-order valence-corrected chi connectivity index (χ0v) is 12.4. The predicted octanol–water partition coefficient (Wildman–Crippen LogP) is 4.19. The van der Waals surface area contributed by atoms with Gasteiger partial charge in [0, 0.05) is 4.47 Å². The van der Waals surface area contributed by atoms with Crippen molar-refractivity contribution in [3.8, 4) is 11.1 Å². The van der Waals surface area contributed by atoms with Crippen molar-refractivity contribution in [2.24, 2.45) is 0 Å². The second-order valence-electron chi connectivity index (χ2n) is 4.12. The number of benzene rings is 2. The van der Waals surface area contributed by atoms with Crippen LogP contribution in [-0.4, -0.2) is 18.2 Å². The number of hydrogen-bond donors (Lipinski definition) is 1. The van der Waals surface area contributed by atoms with Gasteiger partial charge < -0.3 is 9.84 Å². The van der Waals surface area contributed by atoms with Gasteiger partial charge in [-0.1, -0.05) is 52.3 Å². The lowest BCUT2D eigenvalue weighted by atomic mass is 10.0. The molecule has 0 heterocycles. The molecule has 0 aliphatic heterocycles. The lowest BCUT2D eigenvalue weighted by molar-refractivity contribution is -0.138. The molecule has 0 atom stereocenters. The minimum Gasteiger partial charge on any atom is -0.502 e. The maximum Gasteiger partial charge on any atom is 0.373 e. The number of halogens is 1. The van der Waals surface area contributed by atoms with E-state index in [4.69, 9.17) is 0 Å². The zero-order valence-electron chi connectivity index (χ0n) is 10.8. The van der Waals surface area contributed by atoms with E-state index in [1.807, 2.05) is 48.5 Å². The van der Waals surface area contributed by atoms with Crippen LogP contribution in [0.25, 0.3) is 17.2 Å². The number of ether oxygens (including phenoxy) is 1. The van der Waals surface area contributed by atoms with Gasteiger partial charge in [0.2, 0.25) is 5.76 Å². The molecular weight excluding hydrogens is 320 g/mol. The fourth-order valence-corrected chi connectivity index (χ4v) is 2.14. The second-order valence-corrected chi connectivity index (χ2v) is 4.98. The summed E-state index contributed by atoms with van der Waals surface area (Å²) in [4.78, 5) is 11.2. The predicted molar refractivity (Wildman–Crippen MR) is 82.2 cm³/mol. The fraction of sp³-hybridized carbons (Fsp3) is 0.0625. The molecule has 0 aliphatic rings. The van der Waals surface area contributed by atoms with Crippen LogP contribution in [-0.2, 0) is 9.53 Å². The fourth-order valence-electron chi connectivity index (χ4n) is 1.78. The van der Waals surface area contributed by atoms with Crippen LogP contribution in [0.15, 0.2) is 58.8 Å². The average molecular weight is 333 g/mol. The quantitative estimate of drug-likeness (QED) is 0.520. The Hall–Kier alpha value is -2.07. The first-order chi connectivity index (χ1) is 9.61. The van der Waals surface area contributed by atoms with Gasteiger partial charge in [-0.3, -0.25) is 0 Å². The Morgan fingerprint density at radius 2 is 1.85 bits per heavy atom. The molecule has 2 aromatic rings. The van der Waals surface area contributed by atoms with Gasteiger partial charge in [0.15, 0.2) is 0 Å². The summed E-state index contributed by atoms with van der Waals surface area (Å²) in [6.45, 7) is 0. The van der Waals surface area contributed by atoms with Gasteiger partial charge in [0.1, 0.15) is 0 Å². The molecule has 2 rings (SSSR count).